The number of carboxylic acid groups (broad SMARTS) is 1. The van der Waals surface area contributed by atoms with Crippen LogP contribution in [0.3, 0.4) is 0 Å². The van der Waals surface area contributed by atoms with Gasteiger partial charge < -0.3 is 19.8 Å². The molecule has 184 valence electrons. The number of aromatic nitrogens is 1. The molecule has 2 fully saturated rings. The highest BCUT2D eigenvalue weighted by molar-refractivity contribution is 8.01. The van der Waals surface area contributed by atoms with Crippen molar-refractivity contribution in [3.05, 3.63) is 6.20 Å². The summed E-state index contributed by atoms with van der Waals surface area (Å²) < 4.78 is 0.889. The van der Waals surface area contributed by atoms with Crippen molar-refractivity contribution in [3.8, 4) is 0 Å². The lowest BCUT2D eigenvalue weighted by Gasteiger charge is -2.44. The average Bonchev–Trinajstić information content (AvgIpc) is 3.22. The zero-order chi connectivity index (χ0) is 24.0. The number of urea groups is 2. The predicted molar refractivity (Wildman–Crippen MR) is 131 cm³/mol. The Morgan fingerprint density at radius 2 is 1.79 bits per heavy atom. The van der Waals surface area contributed by atoms with Crippen LogP contribution in [0.15, 0.2) is 10.4 Å². The van der Waals surface area contributed by atoms with Crippen LogP contribution in [-0.4, -0.2) is 87.8 Å². The molecule has 0 atom stereocenters. The normalized spacial score (nSPS) is 21.5. The highest BCUT2D eigenvalue weighted by Gasteiger charge is 2.36. The first kappa shape index (κ1) is 25.6. The van der Waals surface area contributed by atoms with E-state index in [4.69, 9.17) is 5.11 Å². The van der Waals surface area contributed by atoms with E-state index in [0.717, 1.165) is 42.7 Å². The zero-order valence-corrected chi connectivity index (χ0v) is 21.3. The quantitative estimate of drug-likeness (QED) is 0.545. The summed E-state index contributed by atoms with van der Waals surface area (Å²) in [4.78, 5) is 46.3. The molecular weight excluding hydrogens is 462 g/mol. The van der Waals surface area contributed by atoms with Crippen molar-refractivity contribution in [1.82, 2.24) is 19.7 Å². The number of nitrogens with one attached hydrogen (secondary N) is 1. The van der Waals surface area contributed by atoms with Gasteiger partial charge in [0.15, 0.2) is 5.13 Å². The molecule has 33 heavy (non-hydrogen) atoms. The summed E-state index contributed by atoms with van der Waals surface area (Å²) in [5.74, 6) is 0.341. The lowest BCUT2D eigenvalue weighted by Crippen LogP contribution is -2.55. The summed E-state index contributed by atoms with van der Waals surface area (Å²) in [7, 11) is 3.53. The largest absolute Gasteiger partial charge is 0.481 e. The van der Waals surface area contributed by atoms with E-state index in [-0.39, 0.29) is 30.6 Å². The third-order valence-electron chi connectivity index (χ3n) is 6.38. The molecule has 9 nitrogen and oxygen atoms in total. The molecular formula is C22H35N5O4S2. The first-order valence-corrected chi connectivity index (χ1v) is 13.4. The van der Waals surface area contributed by atoms with Crippen LogP contribution in [0.25, 0.3) is 0 Å². The second-order valence-corrected chi connectivity index (χ2v) is 11.5. The van der Waals surface area contributed by atoms with Crippen molar-refractivity contribution in [2.24, 2.45) is 5.92 Å². The fourth-order valence-corrected chi connectivity index (χ4v) is 6.41. The number of hydrogen-bond acceptors (Lipinski definition) is 6. The summed E-state index contributed by atoms with van der Waals surface area (Å²) in [6.07, 6.45) is 7.56. The van der Waals surface area contributed by atoms with Crippen molar-refractivity contribution < 1.29 is 19.5 Å². The molecule has 3 rings (SSSR count). The van der Waals surface area contributed by atoms with Crippen LogP contribution in [0.1, 0.15) is 51.9 Å². The topological polar surface area (TPSA) is 106 Å². The van der Waals surface area contributed by atoms with Gasteiger partial charge in [-0.3, -0.25) is 10.1 Å². The molecule has 0 unspecified atom stereocenters. The molecule has 1 aromatic heterocycles. The molecule has 0 radical (unpaired) electrons. The van der Waals surface area contributed by atoms with E-state index in [9.17, 15) is 14.4 Å². The smallest absolute Gasteiger partial charge is 0.324 e. The number of thioether (sulfide) groups is 1. The molecule has 0 spiro atoms. The number of anilines is 1. The van der Waals surface area contributed by atoms with Gasteiger partial charge in [0.25, 0.3) is 0 Å². The van der Waals surface area contributed by atoms with Gasteiger partial charge in [-0.2, -0.15) is 0 Å². The summed E-state index contributed by atoms with van der Waals surface area (Å²) in [6.45, 7) is 3.57. The molecule has 1 aliphatic heterocycles. The van der Waals surface area contributed by atoms with Gasteiger partial charge in [0, 0.05) is 45.0 Å². The summed E-state index contributed by atoms with van der Waals surface area (Å²) in [6, 6.07) is 0.195. The van der Waals surface area contributed by atoms with Gasteiger partial charge in [0.05, 0.1) is 16.8 Å². The molecule has 0 aromatic carbocycles. The number of piperidine rings is 1. The Kier molecular flexibility index (Phi) is 9.25. The highest BCUT2D eigenvalue weighted by Crippen LogP contribution is 2.33. The maximum atomic E-state index is 13.4. The minimum atomic E-state index is -0.823. The van der Waals surface area contributed by atoms with Gasteiger partial charge in [-0.05, 0) is 44.4 Å². The Morgan fingerprint density at radius 1 is 1.15 bits per heavy atom. The molecule has 2 aliphatic rings. The minimum Gasteiger partial charge on any atom is -0.481 e. The Hall–Kier alpha value is -2.01. The molecule has 1 saturated heterocycles. The Balaban J connectivity index is 1.64. The number of thiazole rings is 1. The van der Waals surface area contributed by atoms with E-state index in [0.29, 0.717) is 29.9 Å². The third kappa shape index (κ3) is 7.23. The number of carbonyl (C=O) groups is 3. The fraction of sp³-hybridized carbons (Fsp3) is 0.727. The summed E-state index contributed by atoms with van der Waals surface area (Å²) in [5.41, 5.74) is 0. The molecule has 2 N–H and O–H groups in total. The van der Waals surface area contributed by atoms with E-state index in [1.165, 1.54) is 23.1 Å². The van der Waals surface area contributed by atoms with Crippen LogP contribution >= 0.6 is 23.1 Å². The van der Waals surface area contributed by atoms with E-state index in [2.05, 4.69) is 17.2 Å². The second kappa shape index (κ2) is 11.9. The Morgan fingerprint density at radius 3 is 2.39 bits per heavy atom. The molecule has 4 amide bonds. The van der Waals surface area contributed by atoms with Gasteiger partial charge in [-0.15, -0.1) is 11.8 Å². The van der Waals surface area contributed by atoms with Crippen molar-refractivity contribution in [2.45, 2.75) is 68.2 Å². The summed E-state index contributed by atoms with van der Waals surface area (Å²) in [5, 5.41) is 12.3. The van der Waals surface area contributed by atoms with E-state index >= 15 is 0 Å². The monoisotopic (exact) mass is 497 g/mol. The van der Waals surface area contributed by atoms with Crippen LogP contribution in [0, 0.1) is 5.92 Å². The fourth-order valence-electron chi connectivity index (χ4n) is 4.55. The summed E-state index contributed by atoms with van der Waals surface area (Å²) >= 11 is 2.81. The number of amides is 4. The zero-order valence-electron chi connectivity index (χ0n) is 19.7. The van der Waals surface area contributed by atoms with Crippen LogP contribution in [-0.2, 0) is 4.79 Å². The number of carbonyl (C=O) groups excluding carboxylic acids is 2. The van der Waals surface area contributed by atoms with Crippen LogP contribution < -0.4 is 5.32 Å². The highest BCUT2D eigenvalue weighted by atomic mass is 32.2. The maximum absolute atomic E-state index is 13.4. The van der Waals surface area contributed by atoms with Crippen LogP contribution in [0.2, 0.25) is 0 Å². The van der Waals surface area contributed by atoms with E-state index in [1.54, 1.807) is 25.2 Å². The van der Waals surface area contributed by atoms with Gasteiger partial charge in [-0.1, -0.05) is 18.3 Å². The molecule has 2 heterocycles. The maximum Gasteiger partial charge on any atom is 0.324 e. The molecule has 1 saturated carbocycles. The number of rotatable bonds is 7. The van der Waals surface area contributed by atoms with Gasteiger partial charge in [-0.25, -0.2) is 14.6 Å². The van der Waals surface area contributed by atoms with Crippen molar-refractivity contribution in [3.63, 3.8) is 0 Å². The average molecular weight is 498 g/mol. The van der Waals surface area contributed by atoms with Crippen molar-refractivity contribution in [1.29, 1.82) is 0 Å². The number of aliphatic carboxylic acids is 1. The lowest BCUT2D eigenvalue weighted by atomic mass is 9.85. The molecule has 1 aliphatic carbocycles. The van der Waals surface area contributed by atoms with Crippen molar-refractivity contribution >= 4 is 46.3 Å². The van der Waals surface area contributed by atoms with Gasteiger partial charge >= 0.3 is 18.0 Å². The first-order valence-electron chi connectivity index (χ1n) is 11.6. The molecule has 11 heteroatoms. The SMILES string of the molecule is CN(C)C(=O)N1CCC(N(C(=O)Nc2ncc(SCCC(=O)O)s2)[C@H]2CC[C@H](C)CC2)CC1. The minimum absolute atomic E-state index is 0.0201. The number of hydrogen-bond donors (Lipinski definition) is 2. The third-order valence-corrected chi connectivity index (χ3v) is 8.49. The number of nitrogens with zero attached hydrogens (tertiary/aromatic N) is 4. The van der Waals surface area contributed by atoms with E-state index in [1.807, 2.05) is 9.80 Å². The predicted octanol–water partition coefficient (Wildman–Crippen LogP) is 4.27. The lowest BCUT2D eigenvalue weighted by molar-refractivity contribution is -0.136. The van der Waals surface area contributed by atoms with Gasteiger partial charge in [0.1, 0.15) is 0 Å². The van der Waals surface area contributed by atoms with Crippen molar-refractivity contribution in [2.75, 3.05) is 38.3 Å². The Labute approximate surface area is 203 Å². The molecule has 0 bridgehead atoms. The number of likely N-dealkylation sites (tertiary alicyclic amines) is 1. The van der Waals surface area contributed by atoms with Crippen LogP contribution in [0.4, 0.5) is 14.7 Å². The number of carboxylic acids is 1. The Bertz CT molecular complexity index is 817. The first-order chi connectivity index (χ1) is 15.7. The standard InChI is InChI=1S/C22H35N5O4S2/c1-15-4-6-16(7-5-15)27(17-8-11-26(12-9-17)22(31)25(2)3)21(30)24-20-23-14-19(33-20)32-13-10-18(28)29/h14-17H,4-13H2,1-3H3,(H,28,29)(H,23,24,30)/t15-,16-. The van der Waals surface area contributed by atoms with Gasteiger partial charge in [0.2, 0.25) is 0 Å². The van der Waals surface area contributed by atoms with E-state index < -0.39 is 5.97 Å². The molecule has 1 aromatic rings. The second-order valence-electron chi connectivity index (χ2n) is 9.12. The van der Waals surface area contributed by atoms with Crippen LogP contribution in [0.5, 0.6) is 0 Å².